The molecule has 1 saturated heterocycles. The van der Waals surface area contributed by atoms with Crippen molar-refractivity contribution in [2.24, 2.45) is 0 Å². The molecule has 1 fully saturated rings. The minimum absolute atomic E-state index is 0.0626. The fraction of sp³-hybridized carbons (Fsp3) is 0.318. The average molecular weight is 424 g/mol. The zero-order valence-corrected chi connectivity index (χ0v) is 17.4. The predicted octanol–water partition coefficient (Wildman–Crippen LogP) is 1.96. The molecule has 1 aromatic heterocycles. The van der Waals surface area contributed by atoms with Crippen LogP contribution in [-0.4, -0.2) is 59.6 Å². The number of hydrogen-bond donors (Lipinski definition) is 3. The molecule has 1 aliphatic rings. The van der Waals surface area contributed by atoms with Gasteiger partial charge in [0, 0.05) is 18.7 Å². The molecule has 2 aromatic carbocycles. The summed E-state index contributed by atoms with van der Waals surface area (Å²) in [4.78, 5) is 43.8. The Morgan fingerprint density at radius 3 is 2.55 bits per heavy atom. The van der Waals surface area contributed by atoms with E-state index in [4.69, 9.17) is 9.47 Å². The highest BCUT2D eigenvalue weighted by Crippen LogP contribution is 2.27. The van der Waals surface area contributed by atoms with Crippen molar-refractivity contribution in [3.8, 4) is 5.75 Å². The van der Waals surface area contributed by atoms with Gasteiger partial charge in [-0.25, -0.2) is 4.79 Å². The summed E-state index contributed by atoms with van der Waals surface area (Å²) < 4.78 is 10.8. The first-order valence-electron chi connectivity index (χ1n) is 10.0. The highest BCUT2D eigenvalue weighted by Gasteiger charge is 2.18. The maximum Gasteiger partial charge on any atom is 0.323 e. The number of ether oxygens (including phenoxy) is 2. The Kier molecular flexibility index (Phi) is 5.77. The van der Waals surface area contributed by atoms with E-state index in [2.05, 4.69) is 15.3 Å². The number of nitrogens with one attached hydrogen (secondary N) is 3. The predicted molar refractivity (Wildman–Crippen MR) is 116 cm³/mol. The number of H-pyrrole nitrogens is 2. The molecular weight excluding hydrogens is 400 g/mol. The molecule has 4 rings (SSSR count). The Balaban J connectivity index is 1.43. The zero-order valence-electron chi connectivity index (χ0n) is 17.4. The lowest BCUT2D eigenvalue weighted by Gasteiger charge is -2.26. The number of nitrogens with zero attached hydrogens (tertiary/aromatic N) is 1. The van der Waals surface area contributed by atoms with E-state index in [1.165, 1.54) is 0 Å². The third-order valence-electron chi connectivity index (χ3n) is 5.41. The smallest absolute Gasteiger partial charge is 0.323 e. The van der Waals surface area contributed by atoms with Gasteiger partial charge in [-0.05, 0) is 55.3 Å². The molecule has 0 bridgehead atoms. The Bertz CT molecular complexity index is 1170. The van der Waals surface area contributed by atoms with Crippen LogP contribution in [-0.2, 0) is 9.53 Å². The first-order valence-corrected chi connectivity index (χ1v) is 10.0. The second-order valence-corrected chi connectivity index (χ2v) is 7.46. The maximum absolute atomic E-state index is 12.8. The average Bonchev–Trinajstić information content (AvgIpc) is 3.15. The molecule has 3 N–H and O–H groups in total. The molecule has 9 nitrogen and oxygen atoms in total. The van der Waals surface area contributed by atoms with Crippen LogP contribution in [0.25, 0.3) is 11.0 Å². The van der Waals surface area contributed by atoms with Crippen molar-refractivity contribution in [3.63, 3.8) is 0 Å². The van der Waals surface area contributed by atoms with Crippen LogP contribution in [0.15, 0.2) is 35.1 Å². The molecule has 0 atom stereocenters. The molecule has 0 unspecified atom stereocenters. The second kappa shape index (κ2) is 8.65. The number of rotatable bonds is 5. The summed E-state index contributed by atoms with van der Waals surface area (Å²) in [5.41, 5.74) is 3.68. The minimum Gasteiger partial charge on any atom is -0.484 e. The van der Waals surface area contributed by atoms with Crippen LogP contribution in [0, 0.1) is 13.8 Å². The van der Waals surface area contributed by atoms with Gasteiger partial charge in [-0.2, -0.15) is 0 Å². The number of benzene rings is 2. The fourth-order valence-corrected chi connectivity index (χ4v) is 3.51. The Hall–Kier alpha value is -3.59. The largest absolute Gasteiger partial charge is 0.484 e. The van der Waals surface area contributed by atoms with Crippen LogP contribution in [0.3, 0.4) is 0 Å². The van der Waals surface area contributed by atoms with Gasteiger partial charge in [-0.15, -0.1) is 0 Å². The number of hydrogen-bond acceptors (Lipinski definition) is 5. The number of aromatic nitrogens is 2. The third kappa shape index (κ3) is 4.46. The first-order chi connectivity index (χ1) is 14.9. The number of aryl methyl sites for hydroxylation is 1. The number of aromatic amines is 2. The Labute approximate surface area is 178 Å². The Morgan fingerprint density at radius 2 is 1.84 bits per heavy atom. The number of morpholine rings is 1. The summed E-state index contributed by atoms with van der Waals surface area (Å²) in [6.07, 6.45) is 0. The molecule has 0 aliphatic carbocycles. The van der Waals surface area contributed by atoms with Gasteiger partial charge in [-0.3, -0.25) is 9.59 Å². The third-order valence-corrected chi connectivity index (χ3v) is 5.41. The van der Waals surface area contributed by atoms with Crippen LogP contribution in [0.1, 0.15) is 21.5 Å². The molecule has 9 heteroatoms. The van der Waals surface area contributed by atoms with Gasteiger partial charge < -0.3 is 29.7 Å². The number of carbonyl (C=O) groups is 2. The fourth-order valence-electron chi connectivity index (χ4n) is 3.51. The zero-order chi connectivity index (χ0) is 22.0. The summed E-state index contributed by atoms with van der Waals surface area (Å²) >= 11 is 0. The van der Waals surface area contributed by atoms with E-state index in [1.807, 2.05) is 19.9 Å². The highest BCUT2D eigenvalue weighted by atomic mass is 16.5. The number of anilines is 1. The molecule has 162 valence electrons. The molecule has 2 amide bonds. The van der Waals surface area contributed by atoms with E-state index in [0.717, 1.165) is 11.1 Å². The molecule has 2 heterocycles. The second-order valence-electron chi connectivity index (χ2n) is 7.46. The maximum atomic E-state index is 12.8. The van der Waals surface area contributed by atoms with Crippen molar-refractivity contribution in [1.82, 2.24) is 14.9 Å². The van der Waals surface area contributed by atoms with Crippen molar-refractivity contribution >= 4 is 28.5 Å². The topological polar surface area (TPSA) is 117 Å². The summed E-state index contributed by atoms with van der Waals surface area (Å²) in [6, 6.07) is 8.43. The minimum atomic E-state index is -0.330. The van der Waals surface area contributed by atoms with E-state index < -0.39 is 0 Å². The molecule has 0 spiro atoms. The van der Waals surface area contributed by atoms with E-state index in [1.54, 1.807) is 29.2 Å². The van der Waals surface area contributed by atoms with Gasteiger partial charge in [0.15, 0.2) is 6.61 Å². The van der Waals surface area contributed by atoms with Crippen molar-refractivity contribution in [2.75, 3.05) is 38.2 Å². The lowest BCUT2D eigenvalue weighted by atomic mass is 10.1. The van der Waals surface area contributed by atoms with E-state index in [-0.39, 0.29) is 24.1 Å². The molecule has 31 heavy (non-hydrogen) atoms. The highest BCUT2D eigenvalue weighted by molar-refractivity contribution is 6.09. The number of amides is 2. The van der Waals surface area contributed by atoms with Crippen LogP contribution in [0.4, 0.5) is 5.69 Å². The van der Waals surface area contributed by atoms with Crippen molar-refractivity contribution in [3.05, 3.63) is 57.5 Å². The van der Waals surface area contributed by atoms with E-state index >= 15 is 0 Å². The van der Waals surface area contributed by atoms with Crippen LogP contribution in [0.5, 0.6) is 5.75 Å². The van der Waals surface area contributed by atoms with Crippen LogP contribution in [0.2, 0.25) is 0 Å². The SMILES string of the molecule is Cc1cc2[nH]c(=O)[nH]c2c(NC(=O)c2ccc(OCC(=O)N3CCOCC3)cc2)c1C. The van der Waals surface area contributed by atoms with Gasteiger partial charge in [0.2, 0.25) is 0 Å². The van der Waals surface area contributed by atoms with Crippen molar-refractivity contribution in [1.29, 1.82) is 0 Å². The van der Waals surface area contributed by atoms with Gasteiger partial charge in [0.05, 0.1) is 29.9 Å². The van der Waals surface area contributed by atoms with Gasteiger partial charge in [0.1, 0.15) is 5.75 Å². The van der Waals surface area contributed by atoms with Crippen LogP contribution >= 0.6 is 0 Å². The van der Waals surface area contributed by atoms with E-state index in [9.17, 15) is 14.4 Å². The van der Waals surface area contributed by atoms with Crippen molar-refractivity contribution in [2.45, 2.75) is 13.8 Å². The van der Waals surface area contributed by atoms with Gasteiger partial charge >= 0.3 is 5.69 Å². The van der Waals surface area contributed by atoms with Crippen LogP contribution < -0.4 is 15.7 Å². The first kappa shape index (κ1) is 20.7. The molecule has 3 aromatic rings. The van der Waals surface area contributed by atoms with Crippen molar-refractivity contribution < 1.29 is 19.1 Å². The summed E-state index contributed by atoms with van der Waals surface area (Å²) in [7, 11) is 0. The quantitative estimate of drug-likeness (QED) is 0.579. The molecule has 1 aliphatic heterocycles. The summed E-state index contributed by atoms with van der Waals surface area (Å²) in [5.74, 6) is 0.0970. The van der Waals surface area contributed by atoms with Gasteiger partial charge in [0.25, 0.3) is 11.8 Å². The summed E-state index contributed by atoms with van der Waals surface area (Å²) in [6.45, 7) is 5.96. The molecule has 0 radical (unpaired) electrons. The number of carbonyl (C=O) groups excluding carboxylic acids is 2. The Morgan fingerprint density at radius 1 is 1.13 bits per heavy atom. The number of imidazole rings is 1. The standard InChI is InChI=1S/C22H24N4O5/c1-13-11-17-20(25-22(29)23-17)19(14(13)2)24-21(28)15-3-5-16(6-4-15)31-12-18(27)26-7-9-30-10-8-26/h3-6,11H,7-10,12H2,1-2H3,(H,24,28)(H2,23,25,29). The molecular formula is C22H24N4O5. The van der Waals surface area contributed by atoms with E-state index in [0.29, 0.717) is 54.3 Å². The lowest BCUT2D eigenvalue weighted by molar-refractivity contribution is -0.137. The van der Waals surface area contributed by atoms with Gasteiger partial charge in [-0.1, -0.05) is 0 Å². The molecule has 0 saturated carbocycles. The number of fused-ring (bicyclic) bond motifs is 1. The monoisotopic (exact) mass is 424 g/mol. The summed E-state index contributed by atoms with van der Waals surface area (Å²) in [5, 5.41) is 2.89. The lowest BCUT2D eigenvalue weighted by Crippen LogP contribution is -2.42. The normalized spacial score (nSPS) is 13.9.